The second-order valence-electron chi connectivity index (χ2n) is 5.95. The normalized spacial score (nSPS) is 10.1. The molecule has 0 saturated carbocycles. The molecular formula is C21H22N4O4. The highest BCUT2D eigenvalue weighted by Crippen LogP contribution is 2.21. The molecule has 0 fully saturated rings. The minimum absolute atomic E-state index is 0.266. The first-order valence-electron chi connectivity index (χ1n) is 8.98. The number of ether oxygens (including phenoxy) is 3. The Kier molecular flexibility index (Phi) is 6.83. The molecule has 3 rings (SSSR count). The van der Waals surface area contributed by atoms with Gasteiger partial charge in [-0.25, -0.2) is 4.79 Å². The van der Waals surface area contributed by atoms with Gasteiger partial charge in [0.15, 0.2) is 0 Å². The van der Waals surface area contributed by atoms with Gasteiger partial charge >= 0.3 is 6.03 Å². The summed E-state index contributed by atoms with van der Waals surface area (Å²) >= 11 is 0. The molecule has 0 aliphatic carbocycles. The SMILES string of the molecule is COc1ccc(-c2ccc(OCCNC(=O)Nc3cccc(OC)c3)nn2)cc1. The van der Waals surface area contributed by atoms with Gasteiger partial charge in [0, 0.05) is 23.4 Å². The van der Waals surface area contributed by atoms with Crippen LogP contribution in [0.5, 0.6) is 17.4 Å². The summed E-state index contributed by atoms with van der Waals surface area (Å²) in [6.07, 6.45) is 0. The zero-order valence-electron chi connectivity index (χ0n) is 16.2. The van der Waals surface area contributed by atoms with Crippen LogP contribution in [0.2, 0.25) is 0 Å². The highest BCUT2D eigenvalue weighted by Gasteiger charge is 2.04. The highest BCUT2D eigenvalue weighted by atomic mass is 16.5. The number of urea groups is 1. The first kappa shape index (κ1) is 19.9. The van der Waals surface area contributed by atoms with Gasteiger partial charge in [0.25, 0.3) is 0 Å². The number of carbonyl (C=O) groups is 1. The molecule has 0 saturated heterocycles. The van der Waals surface area contributed by atoms with Crippen molar-refractivity contribution in [2.24, 2.45) is 0 Å². The number of nitrogens with one attached hydrogen (secondary N) is 2. The molecule has 1 aromatic heterocycles. The smallest absolute Gasteiger partial charge is 0.319 e. The fourth-order valence-electron chi connectivity index (χ4n) is 2.51. The topological polar surface area (TPSA) is 94.6 Å². The van der Waals surface area contributed by atoms with Crippen LogP contribution in [0, 0.1) is 0 Å². The molecule has 0 aliphatic rings. The van der Waals surface area contributed by atoms with Crippen LogP contribution in [0.15, 0.2) is 60.7 Å². The molecule has 1 heterocycles. The number of aromatic nitrogens is 2. The van der Waals surface area contributed by atoms with Gasteiger partial charge in [0.2, 0.25) is 5.88 Å². The number of nitrogens with zero attached hydrogens (tertiary/aromatic N) is 2. The van der Waals surface area contributed by atoms with Gasteiger partial charge in [-0.3, -0.25) is 0 Å². The Morgan fingerprint density at radius 2 is 1.72 bits per heavy atom. The van der Waals surface area contributed by atoms with E-state index in [0.717, 1.165) is 17.0 Å². The predicted octanol–water partition coefficient (Wildman–Crippen LogP) is 3.36. The van der Waals surface area contributed by atoms with Crippen molar-refractivity contribution in [1.82, 2.24) is 15.5 Å². The second-order valence-corrected chi connectivity index (χ2v) is 5.95. The van der Waals surface area contributed by atoms with E-state index in [2.05, 4.69) is 20.8 Å². The van der Waals surface area contributed by atoms with E-state index in [1.165, 1.54) is 0 Å². The van der Waals surface area contributed by atoms with Gasteiger partial charge in [-0.2, -0.15) is 0 Å². The molecule has 0 bridgehead atoms. The second kappa shape index (κ2) is 9.93. The molecule has 0 unspecified atom stereocenters. The fourth-order valence-corrected chi connectivity index (χ4v) is 2.51. The minimum Gasteiger partial charge on any atom is -0.497 e. The van der Waals surface area contributed by atoms with E-state index in [0.29, 0.717) is 23.9 Å². The van der Waals surface area contributed by atoms with Crippen LogP contribution in [0.4, 0.5) is 10.5 Å². The van der Waals surface area contributed by atoms with E-state index < -0.39 is 0 Å². The zero-order valence-corrected chi connectivity index (χ0v) is 16.2. The Morgan fingerprint density at radius 1 is 0.931 bits per heavy atom. The molecule has 8 heteroatoms. The average Bonchev–Trinajstić information content (AvgIpc) is 2.77. The number of amides is 2. The fraction of sp³-hybridized carbons (Fsp3) is 0.190. The van der Waals surface area contributed by atoms with Crippen LogP contribution in [0.3, 0.4) is 0 Å². The van der Waals surface area contributed by atoms with E-state index >= 15 is 0 Å². The van der Waals surface area contributed by atoms with E-state index in [1.54, 1.807) is 44.6 Å². The van der Waals surface area contributed by atoms with Gasteiger partial charge in [-0.1, -0.05) is 6.07 Å². The number of carbonyl (C=O) groups excluding carboxylic acids is 1. The van der Waals surface area contributed by atoms with Crippen LogP contribution in [-0.4, -0.2) is 43.6 Å². The number of hydrogen-bond acceptors (Lipinski definition) is 6. The van der Waals surface area contributed by atoms with E-state index in [4.69, 9.17) is 14.2 Å². The Hall–Kier alpha value is -3.81. The molecule has 0 spiro atoms. The molecule has 0 atom stereocenters. The molecule has 150 valence electrons. The van der Waals surface area contributed by atoms with E-state index in [1.807, 2.05) is 30.3 Å². The van der Waals surface area contributed by atoms with Crippen molar-refractivity contribution in [3.8, 4) is 28.6 Å². The van der Waals surface area contributed by atoms with Crippen molar-refractivity contribution >= 4 is 11.7 Å². The van der Waals surface area contributed by atoms with Crippen molar-refractivity contribution in [1.29, 1.82) is 0 Å². The lowest BCUT2D eigenvalue weighted by molar-refractivity contribution is 0.246. The lowest BCUT2D eigenvalue weighted by atomic mass is 10.1. The monoisotopic (exact) mass is 394 g/mol. The Balaban J connectivity index is 1.42. The molecule has 2 amide bonds. The summed E-state index contributed by atoms with van der Waals surface area (Å²) in [4.78, 5) is 11.9. The van der Waals surface area contributed by atoms with Crippen LogP contribution < -0.4 is 24.8 Å². The maximum absolute atomic E-state index is 11.9. The van der Waals surface area contributed by atoms with Gasteiger partial charge < -0.3 is 24.8 Å². The van der Waals surface area contributed by atoms with E-state index in [9.17, 15) is 4.79 Å². The third-order valence-electron chi connectivity index (χ3n) is 3.99. The Morgan fingerprint density at radius 3 is 2.41 bits per heavy atom. The molecule has 2 N–H and O–H groups in total. The molecule has 0 radical (unpaired) electrons. The summed E-state index contributed by atoms with van der Waals surface area (Å²) in [6, 6.07) is 17.9. The first-order chi connectivity index (χ1) is 14.2. The highest BCUT2D eigenvalue weighted by molar-refractivity contribution is 5.89. The summed E-state index contributed by atoms with van der Waals surface area (Å²) in [5.74, 6) is 1.84. The van der Waals surface area contributed by atoms with Crippen molar-refractivity contribution < 1.29 is 19.0 Å². The Bertz CT molecular complexity index is 930. The van der Waals surface area contributed by atoms with Crippen LogP contribution >= 0.6 is 0 Å². The maximum Gasteiger partial charge on any atom is 0.319 e. The van der Waals surface area contributed by atoms with Crippen LogP contribution in [-0.2, 0) is 0 Å². The molecular weight excluding hydrogens is 372 g/mol. The summed E-state index contributed by atoms with van der Waals surface area (Å²) in [6.45, 7) is 0.583. The van der Waals surface area contributed by atoms with Gasteiger partial charge in [0.05, 0.1) is 26.5 Å². The van der Waals surface area contributed by atoms with Gasteiger partial charge in [-0.15, -0.1) is 10.2 Å². The lowest BCUT2D eigenvalue weighted by Crippen LogP contribution is -2.32. The van der Waals surface area contributed by atoms with Crippen LogP contribution in [0.1, 0.15) is 0 Å². The molecule has 3 aromatic rings. The average molecular weight is 394 g/mol. The minimum atomic E-state index is -0.331. The zero-order chi connectivity index (χ0) is 20.5. The maximum atomic E-state index is 11.9. The lowest BCUT2D eigenvalue weighted by Gasteiger charge is -2.09. The summed E-state index contributed by atoms with van der Waals surface area (Å²) in [5.41, 5.74) is 2.30. The first-order valence-corrected chi connectivity index (χ1v) is 8.98. The summed E-state index contributed by atoms with van der Waals surface area (Å²) in [7, 11) is 3.20. The third-order valence-corrected chi connectivity index (χ3v) is 3.99. The molecule has 2 aromatic carbocycles. The standard InChI is InChI=1S/C21H22N4O4/c1-27-17-8-6-15(7-9-17)19-10-11-20(25-24-19)29-13-12-22-21(26)23-16-4-3-5-18(14-16)28-2/h3-11,14H,12-13H2,1-2H3,(H2,22,23,26). The van der Waals surface area contributed by atoms with Crippen molar-refractivity contribution in [3.63, 3.8) is 0 Å². The molecule has 0 aliphatic heterocycles. The predicted molar refractivity (Wildman–Crippen MR) is 110 cm³/mol. The number of methoxy groups -OCH3 is 2. The van der Waals surface area contributed by atoms with E-state index in [-0.39, 0.29) is 12.6 Å². The quantitative estimate of drug-likeness (QED) is 0.569. The number of anilines is 1. The molecule has 8 nitrogen and oxygen atoms in total. The summed E-state index contributed by atoms with van der Waals surface area (Å²) in [5, 5.41) is 13.7. The van der Waals surface area contributed by atoms with Crippen molar-refractivity contribution in [3.05, 3.63) is 60.7 Å². The molecule has 29 heavy (non-hydrogen) atoms. The van der Waals surface area contributed by atoms with Gasteiger partial charge in [-0.05, 0) is 42.5 Å². The number of benzene rings is 2. The number of hydrogen-bond donors (Lipinski definition) is 2. The number of rotatable bonds is 8. The van der Waals surface area contributed by atoms with Gasteiger partial charge in [0.1, 0.15) is 18.1 Å². The summed E-state index contributed by atoms with van der Waals surface area (Å²) < 4.78 is 15.8. The van der Waals surface area contributed by atoms with Crippen molar-refractivity contribution in [2.45, 2.75) is 0 Å². The van der Waals surface area contributed by atoms with Crippen LogP contribution in [0.25, 0.3) is 11.3 Å². The largest absolute Gasteiger partial charge is 0.497 e. The Labute approximate surface area is 168 Å². The van der Waals surface area contributed by atoms with Crippen molar-refractivity contribution in [2.75, 3.05) is 32.7 Å². The third kappa shape index (κ3) is 5.83.